The van der Waals surface area contributed by atoms with E-state index in [4.69, 9.17) is 4.74 Å². The lowest BCUT2D eigenvalue weighted by Crippen LogP contribution is -2.52. The minimum atomic E-state index is -4.71. The number of anilines is 2. The summed E-state index contributed by atoms with van der Waals surface area (Å²) in [4.78, 5) is 16.8. The molecule has 0 fully saturated rings. The van der Waals surface area contributed by atoms with Gasteiger partial charge in [0, 0.05) is 6.54 Å². The molecular weight excluding hydrogens is 518 g/mol. The number of halogens is 6. The topological polar surface area (TPSA) is 76.4 Å². The van der Waals surface area contributed by atoms with E-state index in [-0.39, 0.29) is 35.9 Å². The molecule has 2 atom stereocenters. The first-order valence-electron chi connectivity index (χ1n) is 11.7. The third kappa shape index (κ3) is 5.24. The summed E-state index contributed by atoms with van der Waals surface area (Å²) in [5, 5.41) is 12.0. The fourth-order valence-corrected chi connectivity index (χ4v) is 4.50. The molecule has 0 saturated heterocycles. The summed E-state index contributed by atoms with van der Waals surface area (Å²) in [6.45, 7) is 3.39. The number of amides is 1. The molecule has 0 unspecified atom stereocenters. The van der Waals surface area contributed by atoms with Gasteiger partial charge in [-0.05, 0) is 54.5 Å². The highest BCUT2D eigenvalue weighted by atomic mass is 19.4. The van der Waals surface area contributed by atoms with E-state index in [0.29, 0.717) is 6.42 Å². The highest BCUT2D eigenvalue weighted by molar-refractivity contribution is 5.95. The van der Waals surface area contributed by atoms with E-state index in [1.165, 1.54) is 29.0 Å². The summed E-state index contributed by atoms with van der Waals surface area (Å²) >= 11 is 0. The molecule has 14 heteroatoms. The third-order valence-corrected chi connectivity index (χ3v) is 6.19. The molecule has 204 valence electrons. The Hall–Kier alpha value is -3.84. The molecule has 1 aromatic heterocycles. The fraction of sp³-hybridized carbons (Fsp3) is 0.417. The zero-order valence-corrected chi connectivity index (χ0v) is 20.6. The van der Waals surface area contributed by atoms with Crippen LogP contribution in [0.2, 0.25) is 0 Å². The number of hydrogen-bond donors (Lipinski definition) is 0. The quantitative estimate of drug-likeness (QED) is 0.391. The van der Waals surface area contributed by atoms with Crippen LogP contribution in [0.1, 0.15) is 48.8 Å². The maximum Gasteiger partial charge on any atom is 0.416 e. The molecule has 0 saturated carbocycles. The Kier molecular flexibility index (Phi) is 7.26. The van der Waals surface area contributed by atoms with E-state index in [9.17, 15) is 31.1 Å². The minimum absolute atomic E-state index is 0.0189. The maximum atomic E-state index is 13.8. The maximum absolute atomic E-state index is 13.8. The van der Waals surface area contributed by atoms with Crippen molar-refractivity contribution in [2.75, 3.05) is 23.0 Å². The van der Waals surface area contributed by atoms with Gasteiger partial charge in [0.25, 0.3) is 0 Å². The average molecular weight is 542 g/mol. The lowest BCUT2D eigenvalue weighted by atomic mass is 9.96. The van der Waals surface area contributed by atoms with E-state index in [1.807, 2.05) is 0 Å². The number of carbonyl (C=O) groups is 1. The fourth-order valence-electron chi connectivity index (χ4n) is 4.50. The summed E-state index contributed by atoms with van der Waals surface area (Å²) in [6.07, 6.45) is -9.74. The van der Waals surface area contributed by atoms with Gasteiger partial charge < -0.3 is 9.64 Å². The van der Waals surface area contributed by atoms with Crippen molar-refractivity contribution in [3.8, 4) is 0 Å². The van der Waals surface area contributed by atoms with Gasteiger partial charge >= 0.3 is 18.4 Å². The molecule has 2 aromatic carbocycles. The Morgan fingerprint density at radius 2 is 1.71 bits per heavy atom. The summed E-state index contributed by atoms with van der Waals surface area (Å²) in [7, 11) is 1.46. The van der Waals surface area contributed by atoms with Gasteiger partial charge in [0.15, 0.2) is 0 Å². The van der Waals surface area contributed by atoms with Gasteiger partial charge in [-0.3, -0.25) is 4.90 Å². The number of fused-ring (bicyclic) bond motifs is 1. The van der Waals surface area contributed by atoms with Crippen LogP contribution in [0.15, 0.2) is 42.5 Å². The van der Waals surface area contributed by atoms with E-state index in [0.717, 1.165) is 35.1 Å². The third-order valence-electron chi connectivity index (χ3n) is 6.19. The van der Waals surface area contributed by atoms with Crippen LogP contribution in [0.3, 0.4) is 0 Å². The number of ether oxygens (including phenoxy) is 1. The van der Waals surface area contributed by atoms with Gasteiger partial charge in [0.05, 0.1) is 42.2 Å². The first-order valence-corrected chi connectivity index (χ1v) is 11.7. The van der Waals surface area contributed by atoms with Crippen LogP contribution < -0.4 is 9.80 Å². The zero-order chi connectivity index (χ0) is 27.8. The molecule has 0 aliphatic carbocycles. The summed E-state index contributed by atoms with van der Waals surface area (Å²) in [5.74, 6) is -0.0189. The van der Waals surface area contributed by atoms with Crippen molar-refractivity contribution in [2.24, 2.45) is 7.05 Å². The average Bonchev–Trinajstić information content (AvgIpc) is 3.28. The first kappa shape index (κ1) is 27.2. The number of tetrazole rings is 1. The van der Waals surface area contributed by atoms with Crippen molar-refractivity contribution in [3.05, 3.63) is 65.0 Å². The van der Waals surface area contributed by atoms with Crippen LogP contribution >= 0.6 is 0 Å². The van der Waals surface area contributed by atoms with E-state index in [2.05, 4.69) is 15.4 Å². The monoisotopic (exact) mass is 542 g/mol. The van der Waals surface area contributed by atoms with E-state index in [1.54, 1.807) is 13.8 Å². The Morgan fingerprint density at radius 1 is 1.03 bits per heavy atom. The second-order valence-electron chi connectivity index (χ2n) is 8.65. The molecule has 38 heavy (non-hydrogen) atoms. The normalized spacial score (nSPS) is 16.8. The van der Waals surface area contributed by atoms with Crippen molar-refractivity contribution in [3.63, 3.8) is 0 Å². The number of benzene rings is 2. The lowest BCUT2D eigenvalue weighted by molar-refractivity contribution is -0.138. The molecule has 2 heterocycles. The zero-order valence-electron chi connectivity index (χ0n) is 20.6. The van der Waals surface area contributed by atoms with Gasteiger partial charge in [-0.25, -0.2) is 4.79 Å². The molecule has 4 rings (SSSR count). The van der Waals surface area contributed by atoms with Crippen LogP contribution in [0.5, 0.6) is 0 Å². The predicted molar refractivity (Wildman–Crippen MR) is 124 cm³/mol. The molecule has 1 aliphatic heterocycles. The van der Waals surface area contributed by atoms with Crippen LogP contribution in [-0.4, -0.2) is 45.5 Å². The van der Waals surface area contributed by atoms with Crippen LogP contribution in [-0.2, 0) is 24.1 Å². The number of nitrogens with zero attached hydrogens (tertiary/aromatic N) is 6. The second kappa shape index (κ2) is 10.1. The number of alkyl halides is 6. The first-order chi connectivity index (χ1) is 17.8. The SMILES string of the molecule is CCOC(=O)N1c2ccc(C(F)(F)F)cc2N([C@@H](c2cccc(C(F)(F)F)c2)c2nnn(C)n2)C[C@H]1CC. The highest BCUT2D eigenvalue weighted by Crippen LogP contribution is 2.45. The number of hydrogen-bond acceptors (Lipinski definition) is 6. The standard InChI is InChI=1S/C24H24F6N6O2/c1-4-17-13-35(19-12-16(24(28,29)30)9-10-18(19)36(17)22(37)38-5-2)20(21-31-33-34(3)32-21)14-7-6-8-15(11-14)23(25,26)27/h6-12,17,20H,4-5,13H2,1-3H3/t17-,20+/m1/s1. The Bertz CT molecular complexity index is 1310. The highest BCUT2D eigenvalue weighted by Gasteiger charge is 2.42. The van der Waals surface area contributed by atoms with Crippen LogP contribution in [0.4, 0.5) is 42.5 Å². The smallest absolute Gasteiger partial charge is 0.416 e. The Balaban J connectivity index is 1.97. The molecule has 8 nitrogen and oxygen atoms in total. The van der Waals surface area contributed by atoms with Crippen LogP contribution in [0, 0.1) is 0 Å². The molecular formula is C24H24F6N6O2. The minimum Gasteiger partial charge on any atom is -0.449 e. The second-order valence-corrected chi connectivity index (χ2v) is 8.65. The molecule has 0 bridgehead atoms. The largest absolute Gasteiger partial charge is 0.449 e. The number of aryl methyl sites for hydroxylation is 1. The molecule has 1 aliphatic rings. The van der Waals surface area contributed by atoms with Crippen molar-refractivity contribution in [1.82, 2.24) is 20.2 Å². The molecule has 0 spiro atoms. The van der Waals surface area contributed by atoms with Gasteiger partial charge in [0.2, 0.25) is 5.82 Å². The number of rotatable bonds is 5. The van der Waals surface area contributed by atoms with Crippen molar-refractivity contribution in [2.45, 2.75) is 44.7 Å². The lowest BCUT2D eigenvalue weighted by Gasteiger charge is -2.45. The van der Waals surface area contributed by atoms with Crippen molar-refractivity contribution in [1.29, 1.82) is 0 Å². The molecule has 0 N–H and O–H groups in total. The van der Waals surface area contributed by atoms with Gasteiger partial charge in [-0.15, -0.1) is 10.2 Å². The number of aromatic nitrogens is 4. The summed E-state index contributed by atoms with van der Waals surface area (Å²) < 4.78 is 87.2. The molecule has 0 radical (unpaired) electrons. The summed E-state index contributed by atoms with van der Waals surface area (Å²) in [5.41, 5.74) is -1.75. The van der Waals surface area contributed by atoms with Crippen molar-refractivity contribution >= 4 is 17.5 Å². The van der Waals surface area contributed by atoms with Crippen LogP contribution in [0.25, 0.3) is 0 Å². The van der Waals surface area contributed by atoms with Crippen molar-refractivity contribution < 1.29 is 35.9 Å². The number of carbonyl (C=O) groups excluding carboxylic acids is 1. The summed E-state index contributed by atoms with van der Waals surface area (Å²) in [6, 6.07) is 5.59. The van der Waals surface area contributed by atoms with E-state index < -0.39 is 41.7 Å². The van der Waals surface area contributed by atoms with Gasteiger partial charge in [-0.1, -0.05) is 19.1 Å². The molecule has 1 amide bonds. The Morgan fingerprint density at radius 3 is 2.29 bits per heavy atom. The van der Waals surface area contributed by atoms with Gasteiger partial charge in [0.1, 0.15) is 6.04 Å². The Labute approximate surface area is 213 Å². The van der Waals surface area contributed by atoms with E-state index >= 15 is 0 Å². The predicted octanol–water partition coefficient (Wildman–Crippen LogP) is 5.60. The molecule has 3 aromatic rings. The van der Waals surface area contributed by atoms with Gasteiger partial charge in [-0.2, -0.15) is 31.1 Å².